The van der Waals surface area contributed by atoms with E-state index < -0.39 is 12.6 Å². The summed E-state index contributed by atoms with van der Waals surface area (Å²) in [4.78, 5) is 11.5. The topological polar surface area (TPSA) is 55.0 Å². The quantitative estimate of drug-likeness (QED) is 0.922. The predicted molar refractivity (Wildman–Crippen MR) is 85.8 cm³/mol. The molecule has 126 valence electrons. The normalized spacial score (nSPS) is 22.0. The summed E-state index contributed by atoms with van der Waals surface area (Å²) in [5.74, 6) is 0.723. The number of halogens is 3. The number of thiophene rings is 1. The molecule has 1 saturated carbocycles. The Balaban J connectivity index is 1.96. The summed E-state index contributed by atoms with van der Waals surface area (Å²) in [5, 5.41) is 0.707. The van der Waals surface area contributed by atoms with Crippen LogP contribution in [0.5, 0.6) is 0 Å². The summed E-state index contributed by atoms with van der Waals surface area (Å²) in [5.41, 5.74) is 6.00. The smallest absolute Gasteiger partial charge is 0.353 e. The van der Waals surface area contributed by atoms with Crippen LogP contribution in [0.4, 0.5) is 19.0 Å². The molecular weight excluding hydrogens is 325 g/mol. The van der Waals surface area contributed by atoms with Gasteiger partial charge in [0.05, 0.1) is 11.8 Å². The molecule has 8 heteroatoms. The minimum Gasteiger partial charge on any atom is -0.353 e. The number of anilines is 1. The van der Waals surface area contributed by atoms with Gasteiger partial charge in [0, 0.05) is 23.5 Å². The van der Waals surface area contributed by atoms with Crippen LogP contribution in [-0.2, 0) is 6.42 Å². The van der Waals surface area contributed by atoms with Crippen molar-refractivity contribution in [3.63, 3.8) is 0 Å². The zero-order chi connectivity index (χ0) is 16.6. The number of hydrogen-bond donors (Lipinski definition) is 1. The molecule has 2 N–H and O–H groups in total. The van der Waals surface area contributed by atoms with Crippen LogP contribution in [0.15, 0.2) is 12.4 Å². The summed E-state index contributed by atoms with van der Waals surface area (Å²) in [6.07, 6.45) is -0.856. The lowest BCUT2D eigenvalue weighted by atomic mass is 10.2. The third kappa shape index (κ3) is 3.58. The highest BCUT2D eigenvalue weighted by molar-refractivity contribution is 7.18. The van der Waals surface area contributed by atoms with E-state index in [1.54, 1.807) is 6.07 Å². The van der Waals surface area contributed by atoms with Crippen molar-refractivity contribution in [2.75, 3.05) is 11.4 Å². The molecule has 1 aliphatic carbocycles. The van der Waals surface area contributed by atoms with Gasteiger partial charge in [0.2, 0.25) is 0 Å². The highest BCUT2D eigenvalue weighted by atomic mass is 32.1. The van der Waals surface area contributed by atoms with Gasteiger partial charge in [0.25, 0.3) is 0 Å². The van der Waals surface area contributed by atoms with Crippen molar-refractivity contribution in [3.05, 3.63) is 17.3 Å². The lowest BCUT2D eigenvalue weighted by Gasteiger charge is -2.29. The third-order valence-electron chi connectivity index (χ3n) is 4.23. The van der Waals surface area contributed by atoms with Crippen LogP contribution >= 0.6 is 11.3 Å². The molecule has 2 aromatic heterocycles. The summed E-state index contributed by atoms with van der Waals surface area (Å²) in [7, 11) is 0. The molecule has 0 radical (unpaired) electrons. The lowest BCUT2D eigenvalue weighted by molar-refractivity contribution is -0.126. The first kappa shape index (κ1) is 16.4. The van der Waals surface area contributed by atoms with Crippen molar-refractivity contribution < 1.29 is 13.2 Å². The van der Waals surface area contributed by atoms with E-state index in [0.29, 0.717) is 16.3 Å². The molecule has 2 aromatic rings. The zero-order valence-electron chi connectivity index (χ0n) is 12.8. The first-order valence-corrected chi connectivity index (χ1v) is 8.51. The molecule has 2 heterocycles. The third-order valence-corrected chi connectivity index (χ3v) is 5.28. The number of rotatable bonds is 4. The van der Waals surface area contributed by atoms with E-state index in [2.05, 4.69) is 14.9 Å². The van der Waals surface area contributed by atoms with Crippen LogP contribution in [0, 0.1) is 0 Å². The molecule has 23 heavy (non-hydrogen) atoms. The van der Waals surface area contributed by atoms with Gasteiger partial charge in [-0.3, -0.25) is 0 Å². The highest BCUT2D eigenvalue weighted by Crippen LogP contribution is 2.36. The van der Waals surface area contributed by atoms with Crippen molar-refractivity contribution >= 4 is 27.4 Å². The summed E-state index contributed by atoms with van der Waals surface area (Å²) in [6.45, 7) is 2.77. The van der Waals surface area contributed by atoms with Gasteiger partial charge in [0.1, 0.15) is 17.0 Å². The Labute approximate surface area is 136 Å². The molecule has 0 spiro atoms. The Morgan fingerprint density at radius 2 is 2.13 bits per heavy atom. The zero-order valence-corrected chi connectivity index (χ0v) is 13.6. The van der Waals surface area contributed by atoms with E-state index in [0.717, 1.165) is 43.0 Å². The van der Waals surface area contributed by atoms with E-state index in [1.807, 2.05) is 6.92 Å². The molecule has 1 aliphatic rings. The number of nitrogens with two attached hydrogens (primary N) is 1. The number of alkyl halides is 3. The van der Waals surface area contributed by atoms with E-state index in [4.69, 9.17) is 5.73 Å². The fourth-order valence-corrected chi connectivity index (χ4v) is 4.28. The molecule has 2 atom stereocenters. The average Bonchev–Trinajstić information content (AvgIpc) is 3.04. The van der Waals surface area contributed by atoms with Gasteiger partial charge in [-0.2, -0.15) is 13.2 Å². The fraction of sp³-hybridized carbons (Fsp3) is 0.600. The largest absolute Gasteiger partial charge is 0.393 e. The second kappa shape index (κ2) is 6.24. The Kier molecular flexibility index (Phi) is 4.46. The van der Waals surface area contributed by atoms with Crippen molar-refractivity contribution in [3.8, 4) is 0 Å². The molecule has 3 rings (SSSR count). The van der Waals surface area contributed by atoms with Crippen molar-refractivity contribution in [2.24, 2.45) is 5.73 Å². The first-order valence-electron chi connectivity index (χ1n) is 7.69. The van der Waals surface area contributed by atoms with Crippen molar-refractivity contribution in [1.29, 1.82) is 0 Å². The summed E-state index contributed by atoms with van der Waals surface area (Å²) in [6, 6.07) is 2.06. The number of aromatic nitrogens is 2. The Morgan fingerprint density at radius 1 is 1.35 bits per heavy atom. The van der Waals surface area contributed by atoms with Gasteiger partial charge in [-0.15, -0.1) is 11.3 Å². The van der Waals surface area contributed by atoms with E-state index >= 15 is 0 Å². The minimum atomic E-state index is -4.21. The van der Waals surface area contributed by atoms with Crippen LogP contribution in [0.3, 0.4) is 0 Å². The highest BCUT2D eigenvalue weighted by Gasteiger charge is 2.31. The second-order valence-corrected chi connectivity index (χ2v) is 7.05. The molecule has 1 fully saturated rings. The number of fused-ring (bicyclic) bond motifs is 1. The van der Waals surface area contributed by atoms with Gasteiger partial charge >= 0.3 is 6.18 Å². The van der Waals surface area contributed by atoms with Crippen LogP contribution in [0.1, 0.15) is 31.1 Å². The monoisotopic (exact) mass is 344 g/mol. The second-order valence-electron chi connectivity index (χ2n) is 5.93. The Morgan fingerprint density at radius 3 is 2.74 bits per heavy atom. The molecule has 0 saturated heterocycles. The molecule has 4 nitrogen and oxygen atoms in total. The Hall–Kier alpha value is -1.41. The van der Waals surface area contributed by atoms with Crippen molar-refractivity contribution in [1.82, 2.24) is 9.97 Å². The SMILES string of the molecule is CCN(c1ncnc2sc(CC(F)(F)F)cc12)[C@@H]1CC[C@H](N)C1. The molecule has 0 aromatic carbocycles. The predicted octanol–water partition coefficient (Wildman–Crippen LogP) is 3.50. The van der Waals surface area contributed by atoms with Crippen molar-refractivity contribution in [2.45, 2.75) is 50.9 Å². The van der Waals surface area contributed by atoms with Gasteiger partial charge in [-0.25, -0.2) is 9.97 Å². The lowest BCUT2D eigenvalue weighted by Crippen LogP contribution is -2.35. The molecule has 0 aliphatic heterocycles. The number of hydrogen-bond acceptors (Lipinski definition) is 5. The Bertz CT molecular complexity index is 685. The van der Waals surface area contributed by atoms with Gasteiger partial charge in [-0.05, 0) is 32.3 Å². The maximum Gasteiger partial charge on any atom is 0.393 e. The summed E-state index contributed by atoms with van der Waals surface area (Å²) >= 11 is 1.09. The molecule has 0 bridgehead atoms. The van der Waals surface area contributed by atoms with Gasteiger partial charge in [0.15, 0.2) is 0 Å². The molecular formula is C15H19F3N4S. The first-order chi connectivity index (χ1) is 10.9. The van der Waals surface area contributed by atoms with E-state index in [9.17, 15) is 13.2 Å². The minimum absolute atomic E-state index is 0.189. The van der Waals surface area contributed by atoms with Crippen LogP contribution in [-0.4, -0.2) is 34.8 Å². The maximum absolute atomic E-state index is 12.6. The average molecular weight is 344 g/mol. The van der Waals surface area contributed by atoms with Gasteiger partial charge < -0.3 is 10.6 Å². The maximum atomic E-state index is 12.6. The van der Waals surface area contributed by atoms with Gasteiger partial charge in [-0.1, -0.05) is 0 Å². The van der Waals surface area contributed by atoms with E-state index in [1.165, 1.54) is 6.33 Å². The molecule has 0 amide bonds. The van der Waals surface area contributed by atoms with E-state index in [-0.39, 0.29) is 10.9 Å². The van der Waals surface area contributed by atoms with Crippen LogP contribution < -0.4 is 10.6 Å². The number of nitrogens with zero attached hydrogens (tertiary/aromatic N) is 3. The summed E-state index contributed by atoms with van der Waals surface area (Å²) < 4.78 is 37.9. The van der Waals surface area contributed by atoms with Crippen LogP contribution in [0.25, 0.3) is 10.2 Å². The fourth-order valence-electron chi connectivity index (χ4n) is 3.26. The van der Waals surface area contributed by atoms with Crippen LogP contribution in [0.2, 0.25) is 0 Å². The molecule has 0 unspecified atom stereocenters. The standard InChI is InChI=1S/C15H19F3N4S/c1-2-22(10-4-3-9(19)5-10)13-12-6-11(7-15(16,17)18)23-14(12)21-8-20-13/h6,8-10H,2-5,7,19H2,1H3/t9-,10+/m0/s1.